The normalized spacial score (nSPS) is 32.2. The van der Waals surface area contributed by atoms with Gasteiger partial charge in [0, 0.05) is 29.9 Å². The Labute approximate surface area is 79.0 Å². The van der Waals surface area contributed by atoms with Crippen molar-refractivity contribution in [2.75, 3.05) is 0 Å². The van der Waals surface area contributed by atoms with Crippen molar-refractivity contribution in [2.45, 2.75) is 38.8 Å². The third kappa shape index (κ3) is 1.27. The zero-order valence-electron chi connectivity index (χ0n) is 8.27. The van der Waals surface area contributed by atoms with E-state index in [0.29, 0.717) is 12.1 Å². The molecule has 0 saturated heterocycles. The summed E-state index contributed by atoms with van der Waals surface area (Å²) in [6.07, 6.45) is 8.05. The molecule has 1 aliphatic carbocycles. The van der Waals surface area contributed by atoms with Crippen LogP contribution in [0.4, 0.5) is 0 Å². The van der Waals surface area contributed by atoms with E-state index in [1.165, 1.54) is 6.42 Å². The monoisotopic (exact) mass is 179 g/mol. The summed E-state index contributed by atoms with van der Waals surface area (Å²) < 4.78 is 2.19. The van der Waals surface area contributed by atoms with Crippen molar-refractivity contribution in [3.63, 3.8) is 0 Å². The average molecular weight is 179 g/mol. The Hall–Kier alpha value is -0.830. The van der Waals surface area contributed by atoms with E-state index in [2.05, 4.69) is 23.4 Å². The van der Waals surface area contributed by atoms with Gasteiger partial charge < -0.3 is 10.3 Å². The zero-order valence-corrected chi connectivity index (χ0v) is 8.27. The van der Waals surface area contributed by atoms with Crippen LogP contribution < -0.4 is 5.73 Å². The summed E-state index contributed by atoms with van der Waals surface area (Å²) in [5, 5.41) is 0. The van der Waals surface area contributed by atoms with Crippen molar-refractivity contribution < 1.29 is 0 Å². The van der Waals surface area contributed by atoms with Gasteiger partial charge in [-0.25, -0.2) is 4.98 Å². The van der Waals surface area contributed by atoms with E-state index >= 15 is 0 Å². The first-order valence-corrected chi connectivity index (χ1v) is 4.85. The molecule has 13 heavy (non-hydrogen) atoms. The molecule has 1 saturated carbocycles. The van der Waals surface area contributed by atoms with Crippen LogP contribution in [0.3, 0.4) is 0 Å². The Kier molecular flexibility index (Phi) is 1.91. The molecule has 2 atom stereocenters. The van der Waals surface area contributed by atoms with Crippen molar-refractivity contribution in [1.29, 1.82) is 0 Å². The number of hydrogen-bond donors (Lipinski definition) is 1. The Bertz CT molecular complexity index is 276. The smallest absolute Gasteiger partial charge is 0.0948 e. The number of rotatable bonds is 1. The first-order chi connectivity index (χ1) is 6.12. The van der Waals surface area contributed by atoms with Gasteiger partial charge in [0.15, 0.2) is 0 Å². The highest BCUT2D eigenvalue weighted by Gasteiger charge is 2.41. The number of imidazole rings is 1. The van der Waals surface area contributed by atoms with Crippen LogP contribution in [0.15, 0.2) is 18.7 Å². The van der Waals surface area contributed by atoms with Gasteiger partial charge >= 0.3 is 0 Å². The minimum atomic E-state index is 0.195. The van der Waals surface area contributed by atoms with Crippen molar-refractivity contribution >= 4 is 0 Å². The molecule has 2 rings (SSSR count). The predicted octanol–water partition coefficient (Wildman–Crippen LogP) is 1.57. The Morgan fingerprint density at radius 2 is 2.23 bits per heavy atom. The topological polar surface area (TPSA) is 43.8 Å². The van der Waals surface area contributed by atoms with Crippen molar-refractivity contribution in [1.82, 2.24) is 9.55 Å². The minimum absolute atomic E-state index is 0.195. The Balaban J connectivity index is 2.27. The predicted molar refractivity (Wildman–Crippen MR) is 52.3 cm³/mol. The van der Waals surface area contributed by atoms with Gasteiger partial charge in [0.1, 0.15) is 0 Å². The second-order valence-corrected chi connectivity index (χ2v) is 4.53. The van der Waals surface area contributed by atoms with Crippen LogP contribution in [0, 0.1) is 5.41 Å². The highest BCUT2D eigenvalue weighted by molar-refractivity contribution is 4.99. The summed E-state index contributed by atoms with van der Waals surface area (Å²) in [7, 11) is 0. The first-order valence-electron chi connectivity index (χ1n) is 4.85. The molecule has 2 unspecified atom stereocenters. The third-order valence-corrected chi connectivity index (χ3v) is 3.45. The molecule has 0 amide bonds. The lowest BCUT2D eigenvalue weighted by molar-refractivity contribution is 0.234. The fourth-order valence-corrected chi connectivity index (χ4v) is 2.32. The molecule has 1 aliphatic rings. The van der Waals surface area contributed by atoms with Gasteiger partial charge in [-0.05, 0) is 12.8 Å². The van der Waals surface area contributed by atoms with E-state index in [-0.39, 0.29) is 5.41 Å². The Morgan fingerprint density at radius 3 is 2.69 bits per heavy atom. The van der Waals surface area contributed by atoms with Gasteiger partial charge in [-0.2, -0.15) is 0 Å². The van der Waals surface area contributed by atoms with E-state index in [1.54, 1.807) is 0 Å². The van der Waals surface area contributed by atoms with Crippen LogP contribution in [-0.2, 0) is 0 Å². The maximum atomic E-state index is 6.08. The fraction of sp³-hybridized carbons (Fsp3) is 0.700. The van der Waals surface area contributed by atoms with Crippen LogP contribution >= 0.6 is 0 Å². The summed E-state index contributed by atoms with van der Waals surface area (Å²) in [4.78, 5) is 4.08. The van der Waals surface area contributed by atoms with Gasteiger partial charge in [0.05, 0.1) is 6.33 Å². The van der Waals surface area contributed by atoms with E-state index < -0.39 is 0 Å². The number of nitrogens with two attached hydrogens (primary N) is 1. The molecular formula is C10H17N3. The third-order valence-electron chi connectivity index (χ3n) is 3.45. The highest BCUT2D eigenvalue weighted by atomic mass is 15.1. The van der Waals surface area contributed by atoms with Crippen LogP contribution in [0.5, 0.6) is 0 Å². The maximum Gasteiger partial charge on any atom is 0.0948 e. The fourth-order valence-electron chi connectivity index (χ4n) is 2.32. The van der Waals surface area contributed by atoms with Crippen molar-refractivity contribution in [3.8, 4) is 0 Å². The summed E-state index contributed by atoms with van der Waals surface area (Å²) in [5.41, 5.74) is 6.27. The first kappa shape index (κ1) is 8.75. The van der Waals surface area contributed by atoms with Crippen LogP contribution in [-0.4, -0.2) is 15.6 Å². The molecule has 1 aromatic heterocycles. The van der Waals surface area contributed by atoms with Gasteiger partial charge in [0.25, 0.3) is 0 Å². The largest absolute Gasteiger partial charge is 0.334 e. The second kappa shape index (κ2) is 2.84. The quantitative estimate of drug-likeness (QED) is 0.711. The van der Waals surface area contributed by atoms with E-state index in [1.807, 2.05) is 18.7 Å². The van der Waals surface area contributed by atoms with E-state index in [0.717, 1.165) is 6.42 Å². The highest BCUT2D eigenvalue weighted by Crippen LogP contribution is 2.44. The van der Waals surface area contributed by atoms with E-state index in [9.17, 15) is 0 Å². The minimum Gasteiger partial charge on any atom is -0.334 e. The SMILES string of the molecule is CC1(C)C(N)CCC1n1ccnc1. The second-order valence-electron chi connectivity index (χ2n) is 4.53. The lowest BCUT2D eigenvalue weighted by Gasteiger charge is -2.31. The summed E-state index contributed by atoms with van der Waals surface area (Å²) in [6.45, 7) is 4.49. The lowest BCUT2D eigenvalue weighted by Crippen LogP contribution is -2.36. The molecule has 2 N–H and O–H groups in total. The summed E-state index contributed by atoms with van der Waals surface area (Å²) >= 11 is 0. The molecule has 0 aromatic carbocycles. The van der Waals surface area contributed by atoms with Crippen LogP contribution in [0.1, 0.15) is 32.7 Å². The molecule has 0 radical (unpaired) electrons. The maximum absolute atomic E-state index is 6.08. The molecule has 0 aliphatic heterocycles. The van der Waals surface area contributed by atoms with Crippen LogP contribution in [0.25, 0.3) is 0 Å². The Morgan fingerprint density at radius 1 is 1.46 bits per heavy atom. The lowest BCUT2D eigenvalue weighted by atomic mass is 9.84. The van der Waals surface area contributed by atoms with Gasteiger partial charge in [0.2, 0.25) is 0 Å². The summed E-state index contributed by atoms with van der Waals surface area (Å²) in [5.74, 6) is 0. The molecule has 72 valence electrons. The number of aromatic nitrogens is 2. The van der Waals surface area contributed by atoms with Gasteiger partial charge in [-0.15, -0.1) is 0 Å². The van der Waals surface area contributed by atoms with Gasteiger partial charge in [-0.1, -0.05) is 13.8 Å². The van der Waals surface area contributed by atoms with E-state index in [4.69, 9.17) is 5.73 Å². The number of hydrogen-bond acceptors (Lipinski definition) is 2. The molecule has 1 fully saturated rings. The van der Waals surface area contributed by atoms with Crippen LogP contribution in [0.2, 0.25) is 0 Å². The zero-order chi connectivity index (χ0) is 9.47. The standard InChI is InChI=1S/C10H17N3/c1-10(2)8(11)3-4-9(10)13-6-5-12-7-13/h5-9H,3-4,11H2,1-2H3. The van der Waals surface area contributed by atoms with Gasteiger partial charge in [-0.3, -0.25) is 0 Å². The number of nitrogens with zero attached hydrogens (tertiary/aromatic N) is 2. The summed E-state index contributed by atoms with van der Waals surface area (Å²) in [6, 6.07) is 0.838. The van der Waals surface area contributed by atoms with Crippen molar-refractivity contribution in [2.24, 2.45) is 11.1 Å². The van der Waals surface area contributed by atoms with Crippen molar-refractivity contribution in [3.05, 3.63) is 18.7 Å². The molecule has 0 spiro atoms. The molecule has 3 nitrogen and oxygen atoms in total. The molecule has 1 aromatic rings. The molecule has 3 heteroatoms. The molecule has 1 heterocycles. The molecule has 0 bridgehead atoms. The average Bonchev–Trinajstić information content (AvgIpc) is 2.62. The molecular weight excluding hydrogens is 162 g/mol.